The molecule has 1 aromatic carbocycles. The molecule has 1 heterocycles. The number of hydrogen-bond donors (Lipinski definition) is 2. The van der Waals surface area contributed by atoms with Gasteiger partial charge in [0.2, 0.25) is 0 Å². The number of carboxylic acid groups (broad SMARTS) is 1. The van der Waals surface area contributed by atoms with Crippen molar-refractivity contribution >= 4 is 11.7 Å². The zero-order valence-corrected chi connectivity index (χ0v) is 10.7. The average molecular weight is 249 g/mol. The van der Waals surface area contributed by atoms with Gasteiger partial charge in [-0.15, -0.1) is 0 Å². The molecule has 1 aliphatic rings. The fourth-order valence-electron chi connectivity index (χ4n) is 2.56. The number of aliphatic carboxylic acids is 1. The molecule has 0 radical (unpaired) electrons. The molecule has 18 heavy (non-hydrogen) atoms. The van der Waals surface area contributed by atoms with E-state index in [1.165, 1.54) is 0 Å². The summed E-state index contributed by atoms with van der Waals surface area (Å²) in [6, 6.07) is 7.85. The molecule has 2 rings (SSSR count). The van der Waals surface area contributed by atoms with Crippen LogP contribution in [0.2, 0.25) is 0 Å². The molecule has 0 spiro atoms. The summed E-state index contributed by atoms with van der Waals surface area (Å²) in [6.07, 6.45) is -0.304. The Morgan fingerprint density at radius 2 is 2.11 bits per heavy atom. The number of aliphatic hydroxyl groups is 1. The van der Waals surface area contributed by atoms with Crippen molar-refractivity contribution in [2.75, 3.05) is 11.4 Å². The van der Waals surface area contributed by atoms with Crippen molar-refractivity contribution in [1.29, 1.82) is 0 Å². The molecule has 0 aromatic heterocycles. The minimum atomic E-state index is -0.777. The Bertz CT molecular complexity index is 444. The van der Waals surface area contributed by atoms with E-state index in [9.17, 15) is 9.90 Å². The number of carbonyl (C=O) groups is 1. The van der Waals surface area contributed by atoms with Crippen LogP contribution in [0.1, 0.15) is 31.7 Å². The van der Waals surface area contributed by atoms with Crippen molar-refractivity contribution in [3.05, 3.63) is 29.8 Å². The van der Waals surface area contributed by atoms with E-state index in [-0.39, 0.29) is 18.4 Å². The van der Waals surface area contributed by atoms with Crippen molar-refractivity contribution in [2.45, 2.75) is 38.3 Å². The number of fused-ring (bicyclic) bond motifs is 1. The van der Waals surface area contributed by atoms with Gasteiger partial charge in [-0.3, -0.25) is 4.79 Å². The third-order valence-electron chi connectivity index (χ3n) is 3.71. The van der Waals surface area contributed by atoms with Gasteiger partial charge in [-0.05, 0) is 25.5 Å². The Hall–Kier alpha value is -1.55. The Kier molecular flexibility index (Phi) is 3.57. The monoisotopic (exact) mass is 249 g/mol. The van der Waals surface area contributed by atoms with Gasteiger partial charge < -0.3 is 15.1 Å². The number of aliphatic hydroxyl groups excluding tert-OH is 1. The maximum atomic E-state index is 10.9. The van der Waals surface area contributed by atoms with Crippen molar-refractivity contribution in [1.82, 2.24) is 0 Å². The van der Waals surface area contributed by atoms with Crippen molar-refractivity contribution in [3.8, 4) is 0 Å². The maximum Gasteiger partial charge on any atom is 0.304 e. The minimum absolute atomic E-state index is 0.00931. The van der Waals surface area contributed by atoms with Gasteiger partial charge in [0.1, 0.15) is 0 Å². The molecule has 0 fully saturated rings. The molecule has 0 bridgehead atoms. The van der Waals surface area contributed by atoms with Crippen molar-refractivity contribution in [2.24, 2.45) is 0 Å². The third kappa shape index (κ3) is 2.34. The highest BCUT2D eigenvalue weighted by Crippen LogP contribution is 2.39. The van der Waals surface area contributed by atoms with E-state index in [1.807, 2.05) is 31.2 Å². The molecule has 0 saturated carbocycles. The number of para-hydroxylation sites is 1. The molecule has 4 heteroatoms. The van der Waals surface area contributed by atoms with Gasteiger partial charge in [0, 0.05) is 18.2 Å². The highest BCUT2D eigenvalue weighted by atomic mass is 16.4. The second-order valence-electron chi connectivity index (χ2n) is 4.99. The number of benzene rings is 1. The lowest BCUT2D eigenvalue weighted by molar-refractivity contribution is -0.137. The van der Waals surface area contributed by atoms with Gasteiger partial charge in [-0.2, -0.15) is 0 Å². The molecule has 3 atom stereocenters. The van der Waals surface area contributed by atoms with E-state index in [0.29, 0.717) is 6.54 Å². The first-order chi connectivity index (χ1) is 8.50. The first-order valence-corrected chi connectivity index (χ1v) is 6.26. The Labute approximate surface area is 107 Å². The van der Waals surface area contributed by atoms with Crippen LogP contribution in [-0.2, 0) is 4.79 Å². The summed E-state index contributed by atoms with van der Waals surface area (Å²) in [7, 11) is 0. The van der Waals surface area contributed by atoms with Gasteiger partial charge in [0.25, 0.3) is 0 Å². The number of rotatable bonds is 4. The Morgan fingerprint density at radius 3 is 2.72 bits per heavy atom. The largest absolute Gasteiger partial charge is 0.481 e. The first-order valence-electron chi connectivity index (χ1n) is 6.26. The van der Waals surface area contributed by atoms with E-state index in [0.717, 1.165) is 11.3 Å². The van der Waals surface area contributed by atoms with Gasteiger partial charge in [-0.25, -0.2) is 0 Å². The van der Waals surface area contributed by atoms with Crippen molar-refractivity contribution < 1.29 is 15.0 Å². The van der Waals surface area contributed by atoms with Crippen LogP contribution in [0.4, 0.5) is 5.69 Å². The second kappa shape index (κ2) is 4.98. The van der Waals surface area contributed by atoms with Gasteiger partial charge >= 0.3 is 5.97 Å². The number of anilines is 1. The fraction of sp³-hybridized carbons (Fsp3) is 0.500. The molecule has 3 unspecified atom stereocenters. The fourth-order valence-corrected chi connectivity index (χ4v) is 2.56. The molecule has 0 saturated heterocycles. The van der Waals surface area contributed by atoms with Gasteiger partial charge in [0.15, 0.2) is 0 Å². The van der Waals surface area contributed by atoms with Crippen LogP contribution in [0, 0.1) is 0 Å². The summed E-state index contributed by atoms with van der Waals surface area (Å²) in [6.45, 7) is 4.39. The predicted octanol–water partition coefficient (Wildman–Crippen LogP) is 1.83. The van der Waals surface area contributed by atoms with Crippen molar-refractivity contribution in [3.63, 3.8) is 0 Å². The zero-order valence-electron chi connectivity index (χ0n) is 10.7. The summed E-state index contributed by atoms with van der Waals surface area (Å²) in [5, 5.41) is 18.7. The molecule has 98 valence electrons. The van der Waals surface area contributed by atoms with Crippen LogP contribution in [-0.4, -0.2) is 34.9 Å². The summed E-state index contributed by atoms with van der Waals surface area (Å²) < 4.78 is 0. The molecule has 1 aliphatic heterocycles. The predicted molar refractivity (Wildman–Crippen MR) is 69.9 cm³/mol. The highest BCUT2D eigenvalue weighted by Gasteiger charge is 2.33. The van der Waals surface area contributed by atoms with E-state index in [1.54, 1.807) is 6.92 Å². The van der Waals surface area contributed by atoms with Crippen LogP contribution < -0.4 is 4.90 Å². The molecule has 0 amide bonds. The molecule has 2 N–H and O–H groups in total. The normalized spacial score (nSPS) is 21.5. The molecular formula is C14H19NO3. The smallest absolute Gasteiger partial charge is 0.304 e. The third-order valence-corrected chi connectivity index (χ3v) is 3.71. The first kappa shape index (κ1) is 12.9. The molecule has 4 nitrogen and oxygen atoms in total. The summed E-state index contributed by atoms with van der Waals surface area (Å²) in [5.74, 6) is -0.763. The van der Waals surface area contributed by atoms with Gasteiger partial charge in [-0.1, -0.05) is 18.2 Å². The maximum absolute atomic E-state index is 10.9. The zero-order chi connectivity index (χ0) is 13.3. The Balaban J connectivity index is 2.30. The summed E-state index contributed by atoms with van der Waals surface area (Å²) in [4.78, 5) is 13.0. The second-order valence-corrected chi connectivity index (χ2v) is 4.99. The lowest BCUT2D eigenvalue weighted by Crippen LogP contribution is -2.39. The quantitative estimate of drug-likeness (QED) is 0.854. The standard InChI is InChI=1S/C14H19NO3/c1-9(10(2)16)15-8-11(7-14(17)18)12-5-3-4-6-13(12)15/h3-6,9-11,16H,7-8H2,1-2H3,(H,17,18). The van der Waals surface area contributed by atoms with Gasteiger partial charge in [0.05, 0.1) is 18.6 Å². The van der Waals surface area contributed by atoms with E-state index >= 15 is 0 Å². The summed E-state index contributed by atoms with van der Waals surface area (Å²) >= 11 is 0. The average Bonchev–Trinajstić information content (AvgIpc) is 2.67. The molecule has 0 aliphatic carbocycles. The lowest BCUT2D eigenvalue weighted by Gasteiger charge is -2.29. The molecule has 1 aromatic rings. The number of hydrogen-bond acceptors (Lipinski definition) is 3. The SMILES string of the molecule is CC(O)C(C)N1CC(CC(=O)O)c2ccccc21. The van der Waals surface area contributed by atoms with E-state index < -0.39 is 12.1 Å². The Morgan fingerprint density at radius 1 is 1.44 bits per heavy atom. The number of nitrogens with zero attached hydrogens (tertiary/aromatic N) is 1. The minimum Gasteiger partial charge on any atom is -0.481 e. The molecular weight excluding hydrogens is 230 g/mol. The topological polar surface area (TPSA) is 60.8 Å². The van der Waals surface area contributed by atoms with Crippen LogP contribution in [0.15, 0.2) is 24.3 Å². The van der Waals surface area contributed by atoms with Crippen LogP contribution >= 0.6 is 0 Å². The highest BCUT2D eigenvalue weighted by molar-refractivity contribution is 5.71. The lowest BCUT2D eigenvalue weighted by atomic mass is 9.98. The van der Waals surface area contributed by atoms with Crippen LogP contribution in [0.25, 0.3) is 0 Å². The number of carboxylic acids is 1. The summed E-state index contributed by atoms with van der Waals surface area (Å²) in [5.41, 5.74) is 2.13. The van der Waals surface area contributed by atoms with Crippen LogP contribution in [0.5, 0.6) is 0 Å². The van der Waals surface area contributed by atoms with Crippen LogP contribution in [0.3, 0.4) is 0 Å². The van der Waals surface area contributed by atoms with E-state index in [4.69, 9.17) is 5.11 Å². The van der Waals surface area contributed by atoms with E-state index in [2.05, 4.69) is 4.90 Å².